The Labute approximate surface area is 136 Å². The first-order valence-electron chi connectivity index (χ1n) is 7.25. The monoisotopic (exact) mass is 320 g/mol. The van der Waals surface area contributed by atoms with Crippen molar-refractivity contribution in [2.45, 2.75) is 25.9 Å². The van der Waals surface area contributed by atoms with Crippen molar-refractivity contribution in [1.29, 1.82) is 0 Å². The molecular weight excluding hydrogens is 296 g/mol. The van der Waals surface area contributed by atoms with Gasteiger partial charge in [-0.1, -0.05) is 42.5 Å². The van der Waals surface area contributed by atoms with Gasteiger partial charge in [0.2, 0.25) is 0 Å². The van der Waals surface area contributed by atoms with Gasteiger partial charge in [-0.3, -0.25) is 0 Å². The Balaban J connectivity index is 2.05. The van der Waals surface area contributed by atoms with Gasteiger partial charge in [0.15, 0.2) is 0 Å². The molecule has 1 unspecified atom stereocenters. The lowest BCUT2D eigenvalue weighted by Gasteiger charge is -2.26. The maximum Gasteiger partial charge on any atom is 0.0878 e. The molecule has 1 aromatic carbocycles. The van der Waals surface area contributed by atoms with Gasteiger partial charge in [-0.15, -0.1) is 23.5 Å². The topological polar surface area (TPSA) is 20.2 Å². The third kappa shape index (κ3) is 3.97. The molecule has 0 bridgehead atoms. The molecule has 1 aromatic rings. The molecule has 1 N–H and O–H groups in total. The SMILES string of the molecule is CSC(SC)=C(C)C(C)(O)[C@@H]1C[C@H]1/C=C/c1ccccc1. The van der Waals surface area contributed by atoms with Crippen molar-refractivity contribution in [3.63, 3.8) is 0 Å². The van der Waals surface area contributed by atoms with Crippen molar-refractivity contribution in [3.05, 3.63) is 51.8 Å². The summed E-state index contributed by atoms with van der Waals surface area (Å²) in [5.41, 5.74) is 1.64. The van der Waals surface area contributed by atoms with Crippen LogP contribution in [0.25, 0.3) is 6.08 Å². The number of thioether (sulfide) groups is 2. The molecule has 2 rings (SSSR count). The fourth-order valence-electron chi connectivity index (χ4n) is 2.75. The van der Waals surface area contributed by atoms with Crippen molar-refractivity contribution in [3.8, 4) is 0 Å². The van der Waals surface area contributed by atoms with E-state index in [4.69, 9.17) is 0 Å². The number of aliphatic hydroxyl groups is 1. The largest absolute Gasteiger partial charge is 0.385 e. The molecule has 21 heavy (non-hydrogen) atoms. The number of hydrogen-bond donors (Lipinski definition) is 1. The van der Waals surface area contributed by atoms with Crippen LogP contribution in [-0.4, -0.2) is 23.2 Å². The predicted molar refractivity (Wildman–Crippen MR) is 97.4 cm³/mol. The summed E-state index contributed by atoms with van der Waals surface area (Å²) in [7, 11) is 0. The minimum Gasteiger partial charge on any atom is -0.385 e. The lowest BCUT2D eigenvalue weighted by Crippen LogP contribution is -2.30. The van der Waals surface area contributed by atoms with Gasteiger partial charge < -0.3 is 5.11 Å². The molecule has 3 atom stereocenters. The molecule has 1 saturated carbocycles. The van der Waals surface area contributed by atoms with E-state index in [-0.39, 0.29) is 0 Å². The van der Waals surface area contributed by atoms with Crippen LogP contribution in [0.1, 0.15) is 25.8 Å². The van der Waals surface area contributed by atoms with Crippen LogP contribution in [0.2, 0.25) is 0 Å². The molecule has 1 nitrogen and oxygen atoms in total. The Morgan fingerprint density at radius 1 is 1.24 bits per heavy atom. The minimum atomic E-state index is -0.701. The number of allylic oxidation sites excluding steroid dienone is 1. The van der Waals surface area contributed by atoms with Crippen molar-refractivity contribution in [1.82, 2.24) is 0 Å². The average Bonchev–Trinajstić information content (AvgIpc) is 3.28. The summed E-state index contributed by atoms with van der Waals surface area (Å²) in [6.45, 7) is 4.04. The molecule has 1 aliphatic carbocycles. The average molecular weight is 321 g/mol. The Bertz CT molecular complexity index is 525. The van der Waals surface area contributed by atoms with E-state index in [9.17, 15) is 5.11 Å². The predicted octanol–water partition coefficient (Wildman–Crippen LogP) is 5.04. The molecule has 3 heteroatoms. The molecule has 1 fully saturated rings. The van der Waals surface area contributed by atoms with Crippen molar-refractivity contribution in [2.75, 3.05) is 12.5 Å². The number of hydrogen-bond acceptors (Lipinski definition) is 3. The number of rotatable bonds is 6. The zero-order chi connectivity index (χ0) is 15.5. The van der Waals surface area contributed by atoms with Gasteiger partial charge in [-0.05, 0) is 55.8 Å². The van der Waals surface area contributed by atoms with E-state index in [0.717, 1.165) is 12.0 Å². The van der Waals surface area contributed by atoms with E-state index in [0.29, 0.717) is 11.8 Å². The third-order valence-electron chi connectivity index (χ3n) is 4.33. The van der Waals surface area contributed by atoms with E-state index < -0.39 is 5.60 Å². The highest BCUT2D eigenvalue weighted by atomic mass is 32.2. The van der Waals surface area contributed by atoms with Gasteiger partial charge >= 0.3 is 0 Å². The molecule has 114 valence electrons. The van der Waals surface area contributed by atoms with Gasteiger partial charge in [-0.2, -0.15) is 0 Å². The van der Waals surface area contributed by atoms with E-state index >= 15 is 0 Å². The molecule has 0 spiro atoms. The Morgan fingerprint density at radius 3 is 2.43 bits per heavy atom. The van der Waals surface area contributed by atoms with Crippen LogP contribution < -0.4 is 0 Å². The van der Waals surface area contributed by atoms with Crippen LogP contribution in [0, 0.1) is 11.8 Å². The fourth-order valence-corrected chi connectivity index (χ4v) is 4.44. The van der Waals surface area contributed by atoms with E-state index in [1.807, 2.05) is 13.0 Å². The van der Waals surface area contributed by atoms with E-state index in [1.165, 1.54) is 9.80 Å². The molecule has 1 aliphatic rings. The normalized spacial score (nSPS) is 23.9. The highest BCUT2D eigenvalue weighted by Gasteiger charge is 2.49. The second kappa shape index (κ2) is 7.08. The molecule has 0 amide bonds. The van der Waals surface area contributed by atoms with E-state index in [1.54, 1.807) is 23.5 Å². The first kappa shape index (κ1) is 16.7. The lowest BCUT2D eigenvalue weighted by molar-refractivity contribution is 0.0714. The maximum atomic E-state index is 10.9. The van der Waals surface area contributed by atoms with E-state index in [2.05, 4.69) is 55.9 Å². The summed E-state index contributed by atoms with van der Waals surface area (Å²) in [6.07, 6.45) is 9.64. The molecule has 0 aromatic heterocycles. The van der Waals surface area contributed by atoms with Crippen LogP contribution >= 0.6 is 23.5 Å². The summed E-state index contributed by atoms with van der Waals surface area (Å²) < 4.78 is 1.23. The number of benzene rings is 1. The third-order valence-corrected chi connectivity index (χ3v) is 6.69. The summed E-state index contributed by atoms with van der Waals surface area (Å²) in [4.78, 5) is 0. The van der Waals surface area contributed by atoms with Gasteiger partial charge in [0.05, 0.1) is 5.60 Å². The second-order valence-corrected chi connectivity index (χ2v) is 7.64. The Kier molecular flexibility index (Phi) is 5.64. The highest BCUT2D eigenvalue weighted by Crippen LogP contribution is 2.51. The van der Waals surface area contributed by atoms with Crippen molar-refractivity contribution >= 4 is 29.6 Å². The minimum absolute atomic E-state index is 0.340. The van der Waals surface area contributed by atoms with Crippen LogP contribution in [0.5, 0.6) is 0 Å². The molecule has 0 radical (unpaired) electrons. The Hall–Kier alpha value is -0.640. The standard InChI is InChI=1S/C18H24OS2/c1-13(17(20-3)21-4)18(2,19)16-12-15(16)11-10-14-8-6-5-7-9-14/h5-11,15-16,19H,12H2,1-4H3/b11-10+/t15-,16-,18?/m1/s1. The highest BCUT2D eigenvalue weighted by molar-refractivity contribution is 8.21. The first-order chi connectivity index (χ1) is 10.0. The second-order valence-electron chi connectivity index (χ2n) is 5.74. The summed E-state index contributed by atoms with van der Waals surface area (Å²) in [5.74, 6) is 0.826. The van der Waals surface area contributed by atoms with Gasteiger partial charge in [-0.25, -0.2) is 0 Å². The molecule has 0 heterocycles. The zero-order valence-electron chi connectivity index (χ0n) is 13.2. The van der Waals surface area contributed by atoms with Gasteiger partial charge in [0.25, 0.3) is 0 Å². The van der Waals surface area contributed by atoms with Crippen LogP contribution in [0.4, 0.5) is 0 Å². The Morgan fingerprint density at radius 2 is 1.86 bits per heavy atom. The summed E-state index contributed by atoms with van der Waals surface area (Å²) >= 11 is 3.45. The molecule has 0 aliphatic heterocycles. The van der Waals surface area contributed by atoms with Crippen LogP contribution in [0.15, 0.2) is 46.2 Å². The quantitative estimate of drug-likeness (QED) is 0.792. The smallest absolute Gasteiger partial charge is 0.0878 e. The van der Waals surface area contributed by atoms with Crippen LogP contribution in [-0.2, 0) is 0 Å². The summed E-state index contributed by atoms with van der Waals surface area (Å²) in [6, 6.07) is 10.3. The lowest BCUT2D eigenvalue weighted by atomic mass is 9.91. The zero-order valence-corrected chi connectivity index (χ0v) is 14.8. The fraction of sp³-hybridized carbons (Fsp3) is 0.444. The van der Waals surface area contributed by atoms with Crippen molar-refractivity contribution in [2.24, 2.45) is 11.8 Å². The first-order valence-corrected chi connectivity index (χ1v) is 9.70. The van der Waals surface area contributed by atoms with Crippen molar-refractivity contribution < 1.29 is 5.11 Å². The molecule has 0 saturated heterocycles. The van der Waals surface area contributed by atoms with Gasteiger partial charge in [0, 0.05) is 4.24 Å². The van der Waals surface area contributed by atoms with Crippen LogP contribution in [0.3, 0.4) is 0 Å². The summed E-state index contributed by atoms with van der Waals surface area (Å²) in [5, 5.41) is 10.9. The maximum absolute atomic E-state index is 10.9. The molecular formula is C18H24OS2. The van der Waals surface area contributed by atoms with Gasteiger partial charge in [0.1, 0.15) is 0 Å².